The number of rotatable bonds is 7. The molecule has 0 spiro atoms. The molecule has 0 radical (unpaired) electrons. The maximum atomic E-state index is 12.4. The Balaban J connectivity index is 1.36. The number of hydrogen-bond donors (Lipinski definition) is 1. The van der Waals surface area contributed by atoms with Crippen molar-refractivity contribution in [2.24, 2.45) is 5.92 Å². The number of sulfonamides is 1. The molecule has 2 aliphatic heterocycles. The Labute approximate surface area is 246 Å². The van der Waals surface area contributed by atoms with Gasteiger partial charge in [0, 0.05) is 43.4 Å². The van der Waals surface area contributed by atoms with Crippen LogP contribution in [0, 0.1) is 5.92 Å². The van der Waals surface area contributed by atoms with Crippen LogP contribution >= 0.6 is 0 Å². The Bertz CT molecular complexity index is 1530. The van der Waals surface area contributed by atoms with Crippen LogP contribution in [0.5, 0.6) is 5.88 Å². The van der Waals surface area contributed by atoms with Gasteiger partial charge in [-0.15, -0.1) is 0 Å². The number of hydrogen-bond acceptors (Lipinski definition) is 9. The first-order valence-electron chi connectivity index (χ1n) is 14.1. The number of anilines is 1. The highest BCUT2D eigenvalue weighted by Crippen LogP contribution is 2.32. The molecule has 1 N–H and O–H groups in total. The maximum Gasteiger partial charge on any atom is 0.410 e. The van der Waals surface area contributed by atoms with E-state index in [1.54, 1.807) is 17.2 Å². The molecule has 0 aliphatic carbocycles. The maximum absolute atomic E-state index is 12.4. The third-order valence-electron chi connectivity index (χ3n) is 7.26. The van der Waals surface area contributed by atoms with Crippen LogP contribution in [0.2, 0.25) is 0 Å². The van der Waals surface area contributed by atoms with E-state index in [1.807, 2.05) is 42.5 Å². The highest BCUT2D eigenvalue weighted by molar-refractivity contribution is 7.92. The molecule has 1 fully saturated rings. The lowest BCUT2D eigenvalue weighted by Crippen LogP contribution is -2.42. The summed E-state index contributed by atoms with van der Waals surface area (Å²) in [6.45, 7) is 8.84. The predicted octanol–water partition coefficient (Wildman–Crippen LogP) is 3.27. The van der Waals surface area contributed by atoms with Crippen molar-refractivity contribution in [3.8, 4) is 22.8 Å². The Morgan fingerprint density at radius 3 is 2.60 bits per heavy atom. The molecule has 5 heterocycles. The van der Waals surface area contributed by atoms with Crippen LogP contribution in [0.25, 0.3) is 16.9 Å². The summed E-state index contributed by atoms with van der Waals surface area (Å²) in [5.74, 6) is 0.565. The molecule has 14 heteroatoms. The number of nitrogens with one attached hydrogen (secondary N) is 1. The molecular weight excluding hydrogens is 562 g/mol. The third-order valence-corrected chi connectivity index (χ3v) is 7.85. The van der Waals surface area contributed by atoms with Crippen LogP contribution in [-0.4, -0.2) is 89.2 Å². The summed E-state index contributed by atoms with van der Waals surface area (Å²) in [6, 6.07) is 1.67. The molecule has 3 aromatic heterocycles. The first-order chi connectivity index (χ1) is 19.9. The number of pyridine rings is 1. The summed E-state index contributed by atoms with van der Waals surface area (Å²) in [5.41, 5.74) is 4.11. The minimum Gasteiger partial charge on any atom is -0.479 e. The predicted molar refractivity (Wildman–Crippen MR) is 156 cm³/mol. The van der Waals surface area contributed by atoms with E-state index in [-0.39, 0.29) is 17.7 Å². The highest BCUT2D eigenvalue weighted by Gasteiger charge is 2.28. The van der Waals surface area contributed by atoms with E-state index >= 15 is 0 Å². The Morgan fingerprint density at radius 2 is 1.90 bits per heavy atom. The Hall–Kier alpha value is -3.65. The second-order valence-electron chi connectivity index (χ2n) is 11.8. The van der Waals surface area contributed by atoms with Crippen molar-refractivity contribution in [3.05, 3.63) is 35.9 Å². The standard InChI is InChI=1S/C28H39N7O6S/c1-28(2,3)41-27(36)33-10-6-19(7-11-33)17-34-18-20(15-30-34)25-22-8-12-40-13-9-24(22)35(31-25)21-14-23(32-42(5,37)38)26(39-4)29-16-21/h14-16,18-19,32H,6-13,17H2,1-5H3. The average molecular weight is 602 g/mol. The number of methoxy groups -OCH3 is 1. The first-order valence-corrected chi connectivity index (χ1v) is 16.0. The number of ether oxygens (including phenoxy) is 3. The third kappa shape index (κ3) is 7.04. The van der Waals surface area contributed by atoms with Crippen LogP contribution in [0.3, 0.4) is 0 Å². The van der Waals surface area contributed by atoms with E-state index in [1.165, 1.54) is 7.11 Å². The zero-order valence-corrected chi connectivity index (χ0v) is 25.6. The van der Waals surface area contributed by atoms with Gasteiger partial charge in [0.1, 0.15) is 11.3 Å². The van der Waals surface area contributed by atoms with Crippen molar-refractivity contribution in [1.82, 2.24) is 29.4 Å². The van der Waals surface area contributed by atoms with E-state index in [2.05, 4.69) is 14.8 Å². The summed E-state index contributed by atoms with van der Waals surface area (Å²) in [4.78, 5) is 18.5. The van der Waals surface area contributed by atoms with Crippen molar-refractivity contribution in [1.29, 1.82) is 0 Å². The molecule has 1 amide bonds. The van der Waals surface area contributed by atoms with Gasteiger partial charge in [-0.2, -0.15) is 10.2 Å². The normalized spacial score (nSPS) is 16.5. The van der Waals surface area contributed by atoms with Gasteiger partial charge in [-0.3, -0.25) is 9.40 Å². The SMILES string of the molecule is COc1ncc(-n2nc(-c3cnn(CC4CCN(C(=O)OC(C)(C)C)CC4)c3)c3c2CCOCC3)cc1NS(C)(=O)=O. The zero-order chi connectivity index (χ0) is 30.1. The topological polar surface area (TPSA) is 143 Å². The van der Waals surface area contributed by atoms with Gasteiger partial charge in [0.25, 0.3) is 0 Å². The highest BCUT2D eigenvalue weighted by atomic mass is 32.2. The van der Waals surface area contributed by atoms with Gasteiger partial charge >= 0.3 is 6.09 Å². The largest absolute Gasteiger partial charge is 0.479 e. The van der Waals surface area contributed by atoms with E-state index in [9.17, 15) is 13.2 Å². The van der Waals surface area contributed by atoms with Crippen LogP contribution in [-0.2, 0) is 38.9 Å². The molecule has 3 aromatic rings. The van der Waals surface area contributed by atoms with Crippen molar-refractivity contribution >= 4 is 21.8 Å². The van der Waals surface area contributed by atoms with E-state index in [4.69, 9.17) is 19.3 Å². The molecule has 1 saturated heterocycles. The van der Waals surface area contributed by atoms with Gasteiger partial charge in [0.05, 0.1) is 56.0 Å². The fourth-order valence-corrected chi connectivity index (χ4v) is 5.91. The molecule has 228 valence electrons. The van der Waals surface area contributed by atoms with Crippen LogP contribution in [0.15, 0.2) is 24.7 Å². The quantitative estimate of drug-likeness (QED) is 0.432. The lowest BCUT2D eigenvalue weighted by Gasteiger charge is -2.33. The zero-order valence-electron chi connectivity index (χ0n) is 24.8. The van der Waals surface area contributed by atoms with Crippen molar-refractivity contribution in [2.75, 3.05) is 44.4 Å². The summed E-state index contributed by atoms with van der Waals surface area (Å²) < 4.78 is 46.7. The number of piperidine rings is 1. The fraction of sp³-hybridized carbons (Fsp3) is 0.571. The number of nitrogens with zero attached hydrogens (tertiary/aromatic N) is 6. The molecule has 0 saturated carbocycles. The summed E-state index contributed by atoms with van der Waals surface area (Å²) >= 11 is 0. The summed E-state index contributed by atoms with van der Waals surface area (Å²) in [5, 5.41) is 9.62. The van der Waals surface area contributed by atoms with Gasteiger partial charge in [0.2, 0.25) is 15.9 Å². The number of fused-ring (bicyclic) bond motifs is 1. The monoisotopic (exact) mass is 601 g/mol. The first kappa shape index (κ1) is 29.8. The van der Waals surface area contributed by atoms with Crippen LogP contribution < -0.4 is 9.46 Å². The van der Waals surface area contributed by atoms with Gasteiger partial charge in [0.15, 0.2) is 0 Å². The number of likely N-dealkylation sites (tertiary alicyclic amines) is 1. The number of carbonyl (C=O) groups excluding carboxylic acids is 1. The van der Waals surface area contributed by atoms with Gasteiger partial charge in [-0.25, -0.2) is 22.9 Å². The van der Waals surface area contributed by atoms with Gasteiger partial charge in [-0.1, -0.05) is 0 Å². The van der Waals surface area contributed by atoms with Crippen LogP contribution in [0.4, 0.5) is 10.5 Å². The smallest absolute Gasteiger partial charge is 0.410 e. The van der Waals surface area contributed by atoms with Crippen LogP contribution in [0.1, 0.15) is 44.9 Å². The minimum atomic E-state index is -3.55. The summed E-state index contributed by atoms with van der Waals surface area (Å²) in [7, 11) is -2.11. The molecule has 5 rings (SSSR count). The minimum absolute atomic E-state index is 0.171. The van der Waals surface area contributed by atoms with Gasteiger partial charge in [-0.05, 0) is 52.0 Å². The van der Waals surface area contributed by atoms with Crippen molar-refractivity contribution in [3.63, 3.8) is 0 Å². The fourth-order valence-electron chi connectivity index (χ4n) is 5.36. The second kappa shape index (κ2) is 11.9. The second-order valence-corrected chi connectivity index (χ2v) is 13.5. The molecule has 0 aromatic carbocycles. The summed E-state index contributed by atoms with van der Waals surface area (Å²) in [6.07, 6.45) is 9.38. The van der Waals surface area contributed by atoms with E-state index < -0.39 is 15.6 Å². The van der Waals surface area contributed by atoms with E-state index in [0.717, 1.165) is 48.2 Å². The molecule has 0 unspecified atom stereocenters. The molecule has 2 aliphatic rings. The molecule has 0 bridgehead atoms. The number of carbonyl (C=O) groups is 1. The lowest BCUT2D eigenvalue weighted by molar-refractivity contribution is 0.0177. The van der Waals surface area contributed by atoms with Crippen molar-refractivity contribution in [2.45, 2.75) is 58.6 Å². The molecular formula is C28H39N7O6S. The van der Waals surface area contributed by atoms with Crippen molar-refractivity contribution < 1.29 is 27.4 Å². The van der Waals surface area contributed by atoms with E-state index in [0.29, 0.717) is 50.8 Å². The molecule has 0 atom stereocenters. The van der Waals surface area contributed by atoms with Gasteiger partial charge < -0.3 is 19.1 Å². The number of amides is 1. The number of aromatic nitrogens is 5. The Morgan fingerprint density at radius 1 is 1.17 bits per heavy atom. The molecule has 42 heavy (non-hydrogen) atoms. The average Bonchev–Trinajstić information content (AvgIpc) is 3.43. The molecule has 13 nitrogen and oxygen atoms in total. The Kier molecular flexibility index (Phi) is 8.46. The lowest BCUT2D eigenvalue weighted by atomic mass is 9.97.